The van der Waals surface area contributed by atoms with E-state index in [2.05, 4.69) is 15.5 Å². The Labute approximate surface area is 199 Å². The molecule has 0 radical (unpaired) electrons. The summed E-state index contributed by atoms with van der Waals surface area (Å²) in [6.45, 7) is 4.31. The quantitative estimate of drug-likeness (QED) is 0.313. The number of aryl methyl sites for hydroxylation is 2. The second-order valence-corrected chi connectivity index (χ2v) is 9.04. The molecule has 32 heavy (non-hydrogen) atoms. The van der Waals surface area contributed by atoms with E-state index in [0.717, 1.165) is 22.5 Å². The molecule has 4 aromatic rings. The smallest absolute Gasteiger partial charge is 0.234 e. The molecule has 1 N–H and O–H groups in total. The van der Waals surface area contributed by atoms with Crippen molar-refractivity contribution in [2.45, 2.75) is 25.5 Å². The Hall–Kier alpha value is -2.74. The number of thioether (sulfide) groups is 1. The summed E-state index contributed by atoms with van der Waals surface area (Å²) in [6, 6.07) is 14.9. The molecule has 2 aromatic carbocycles. The summed E-state index contributed by atoms with van der Waals surface area (Å²) in [4.78, 5) is 12.6. The first kappa shape index (κ1) is 22.5. The molecular weight excluding hydrogens is 467 g/mol. The normalized spacial score (nSPS) is 11.0. The first-order valence-corrected chi connectivity index (χ1v) is 11.6. The molecule has 0 spiro atoms. The van der Waals surface area contributed by atoms with Gasteiger partial charge < -0.3 is 9.73 Å². The molecule has 0 saturated heterocycles. The number of benzene rings is 2. The topological polar surface area (TPSA) is 73.0 Å². The lowest BCUT2D eigenvalue weighted by atomic mass is 10.1. The molecule has 164 valence electrons. The molecule has 0 aliphatic carbocycles. The summed E-state index contributed by atoms with van der Waals surface area (Å²) in [5, 5.41) is 13.3. The molecule has 0 saturated carbocycles. The van der Waals surface area contributed by atoms with Gasteiger partial charge in [-0.2, -0.15) is 0 Å². The number of anilines is 1. The molecule has 0 unspecified atom stereocenters. The van der Waals surface area contributed by atoms with E-state index in [1.54, 1.807) is 18.4 Å². The minimum Gasteiger partial charge on any atom is -0.467 e. The second-order valence-electron chi connectivity index (χ2n) is 7.25. The summed E-state index contributed by atoms with van der Waals surface area (Å²) in [5.41, 5.74) is 3.45. The number of nitrogens with zero attached hydrogens (tertiary/aromatic N) is 3. The maximum absolute atomic E-state index is 12.6. The van der Waals surface area contributed by atoms with E-state index in [9.17, 15) is 4.79 Å². The lowest BCUT2D eigenvalue weighted by molar-refractivity contribution is -0.113. The molecule has 0 bridgehead atoms. The van der Waals surface area contributed by atoms with E-state index in [4.69, 9.17) is 27.6 Å². The number of carbonyl (C=O) groups is 1. The maximum Gasteiger partial charge on any atom is 0.234 e. The average Bonchev–Trinajstić information content (AvgIpc) is 3.40. The zero-order chi connectivity index (χ0) is 22.7. The largest absolute Gasteiger partial charge is 0.467 e. The van der Waals surface area contributed by atoms with Crippen LogP contribution in [0.1, 0.15) is 16.9 Å². The highest BCUT2D eigenvalue weighted by molar-refractivity contribution is 7.99. The summed E-state index contributed by atoms with van der Waals surface area (Å²) >= 11 is 13.6. The molecule has 9 heteroatoms. The van der Waals surface area contributed by atoms with Gasteiger partial charge in [0.2, 0.25) is 5.91 Å². The minimum absolute atomic E-state index is 0.153. The number of hydrogen-bond donors (Lipinski definition) is 1. The Morgan fingerprint density at radius 3 is 2.59 bits per heavy atom. The summed E-state index contributed by atoms with van der Waals surface area (Å²) < 4.78 is 7.43. The number of rotatable bonds is 7. The van der Waals surface area contributed by atoms with Crippen LogP contribution in [-0.4, -0.2) is 26.4 Å². The van der Waals surface area contributed by atoms with Crippen LogP contribution in [0.15, 0.2) is 64.4 Å². The molecule has 2 aromatic heterocycles. The predicted molar refractivity (Wildman–Crippen MR) is 129 cm³/mol. The van der Waals surface area contributed by atoms with Gasteiger partial charge in [-0.15, -0.1) is 10.2 Å². The minimum atomic E-state index is -0.176. The molecule has 0 aliphatic rings. The van der Waals surface area contributed by atoms with Crippen LogP contribution in [0.4, 0.5) is 5.69 Å². The Bertz CT molecular complexity index is 1210. The van der Waals surface area contributed by atoms with E-state index in [1.165, 1.54) is 11.8 Å². The van der Waals surface area contributed by atoms with Crippen LogP contribution in [0.3, 0.4) is 0 Å². The summed E-state index contributed by atoms with van der Waals surface area (Å²) in [7, 11) is 0. The van der Waals surface area contributed by atoms with Gasteiger partial charge in [0.05, 0.1) is 29.3 Å². The van der Waals surface area contributed by atoms with Crippen molar-refractivity contribution in [3.63, 3.8) is 0 Å². The first-order valence-electron chi connectivity index (χ1n) is 9.81. The number of aromatic nitrogens is 3. The third kappa shape index (κ3) is 5.18. The van der Waals surface area contributed by atoms with Gasteiger partial charge in [0.1, 0.15) is 5.76 Å². The van der Waals surface area contributed by atoms with Crippen LogP contribution in [0, 0.1) is 13.8 Å². The van der Waals surface area contributed by atoms with Crippen molar-refractivity contribution in [1.82, 2.24) is 14.8 Å². The molecule has 6 nitrogen and oxygen atoms in total. The molecular formula is C23H20Cl2N4O2S. The van der Waals surface area contributed by atoms with Gasteiger partial charge in [0.25, 0.3) is 0 Å². The van der Waals surface area contributed by atoms with Gasteiger partial charge in [-0.3, -0.25) is 9.36 Å². The molecule has 2 heterocycles. The predicted octanol–water partition coefficient (Wildman–Crippen LogP) is 6.24. The average molecular weight is 487 g/mol. The van der Waals surface area contributed by atoms with Crippen molar-refractivity contribution in [3.05, 3.63) is 81.7 Å². The van der Waals surface area contributed by atoms with E-state index in [-0.39, 0.29) is 11.7 Å². The van der Waals surface area contributed by atoms with Crippen LogP contribution in [0.5, 0.6) is 0 Å². The van der Waals surface area contributed by atoms with Crippen molar-refractivity contribution < 1.29 is 9.21 Å². The molecule has 1 amide bonds. The van der Waals surface area contributed by atoms with Crippen molar-refractivity contribution in [1.29, 1.82) is 0 Å². The summed E-state index contributed by atoms with van der Waals surface area (Å²) in [6.07, 6.45) is 1.62. The van der Waals surface area contributed by atoms with Gasteiger partial charge in [0.15, 0.2) is 11.0 Å². The number of amides is 1. The van der Waals surface area contributed by atoms with Crippen molar-refractivity contribution in [3.8, 4) is 11.4 Å². The van der Waals surface area contributed by atoms with Gasteiger partial charge >= 0.3 is 0 Å². The van der Waals surface area contributed by atoms with Crippen molar-refractivity contribution >= 4 is 46.6 Å². The van der Waals surface area contributed by atoms with Crippen molar-refractivity contribution in [2.24, 2.45) is 0 Å². The highest BCUT2D eigenvalue weighted by atomic mass is 35.5. The Kier molecular flexibility index (Phi) is 6.89. The lowest BCUT2D eigenvalue weighted by Crippen LogP contribution is -2.16. The van der Waals surface area contributed by atoms with Gasteiger partial charge in [0, 0.05) is 10.6 Å². The molecule has 0 atom stereocenters. The second kappa shape index (κ2) is 9.81. The van der Waals surface area contributed by atoms with Crippen LogP contribution in [-0.2, 0) is 11.3 Å². The number of nitrogens with one attached hydrogen (secondary N) is 1. The lowest BCUT2D eigenvalue weighted by Gasteiger charge is -2.12. The Balaban J connectivity index is 1.54. The Morgan fingerprint density at radius 2 is 1.91 bits per heavy atom. The zero-order valence-electron chi connectivity index (χ0n) is 17.4. The highest BCUT2D eigenvalue weighted by Crippen LogP contribution is 2.29. The van der Waals surface area contributed by atoms with E-state index in [1.807, 2.05) is 54.8 Å². The van der Waals surface area contributed by atoms with E-state index < -0.39 is 0 Å². The Morgan fingerprint density at radius 1 is 1.12 bits per heavy atom. The highest BCUT2D eigenvalue weighted by Gasteiger charge is 2.18. The standard InChI is InChI=1S/C23H20Cl2N4O2S/c1-14-10-15(2)21(19(25)11-14)26-20(30)13-32-23-28-27-22(16-5-7-17(24)8-6-16)29(23)12-18-4-3-9-31-18/h3-11H,12-13H2,1-2H3,(H,26,30). The summed E-state index contributed by atoms with van der Waals surface area (Å²) in [5.74, 6) is 1.40. The maximum atomic E-state index is 12.6. The van der Waals surface area contributed by atoms with E-state index >= 15 is 0 Å². The van der Waals surface area contributed by atoms with Crippen molar-refractivity contribution in [2.75, 3.05) is 11.1 Å². The van der Waals surface area contributed by atoms with Crippen LogP contribution in [0.25, 0.3) is 11.4 Å². The van der Waals surface area contributed by atoms with Crippen LogP contribution < -0.4 is 5.32 Å². The third-order valence-corrected chi connectivity index (χ3v) is 6.26. The van der Waals surface area contributed by atoms with Gasteiger partial charge in [-0.1, -0.05) is 41.0 Å². The molecule has 0 aliphatic heterocycles. The number of hydrogen-bond acceptors (Lipinski definition) is 5. The number of halogens is 2. The van der Waals surface area contributed by atoms with Crippen LogP contribution >= 0.6 is 35.0 Å². The first-order chi connectivity index (χ1) is 15.4. The van der Waals surface area contributed by atoms with Crippen LogP contribution in [0.2, 0.25) is 10.0 Å². The SMILES string of the molecule is Cc1cc(C)c(NC(=O)CSc2nnc(-c3ccc(Cl)cc3)n2Cc2ccco2)c(Cl)c1. The third-order valence-electron chi connectivity index (χ3n) is 4.74. The van der Waals surface area contributed by atoms with Gasteiger partial charge in [-0.25, -0.2) is 0 Å². The fourth-order valence-electron chi connectivity index (χ4n) is 3.29. The molecule has 0 fully saturated rings. The zero-order valence-corrected chi connectivity index (χ0v) is 19.8. The fraction of sp³-hybridized carbons (Fsp3) is 0.174. The number of carbonyl (C=O) groups excluding carboxylic acids is 1. The monoisotopic (exact) mass is 486 g/mol. The fourth-order valence-corrected chi connectivity index (χ4v) is 4.52. The number of furan rings is 1. The van der Waals surface area contributed by atoms with E-state index in [0.29, 0.717) is 33.3 Å². The van der Waals surface area contributed by atoms with Gasteiger partial charge in [-0.05, 0) is 67.4 Å². The molecule has 4 rings (SSSR count).